The second-order valence-electron chi connectivity index (χ2n) is 10.6. The van der Waals surface area contributed by atoms with Gasteiger partial charge >= 0.3 is 5.97 Å². The first-order valence-electron chi connectivity index (χ1n) is 14.5. The van der Waals surface area contributed by atoms with Gasteiger partial charge in [-0.1, -0.05) is 45.4 Å². The first-order valence-corrected chi connectivity index (χ1v) is 14.5. The summed E-state index contributed by atoms with van der Waals surface area (Å²) < 4.78 is 15.3. The Kier molecular flexibility index (Phi) is 9.53. The van der Waals surface area contributed by atoms with Gasteiger partial charge in [0.2, 0.25) is 0 Å². The molecule has 1 saturated carbocycles. The van der Waals surface area contributed by atoms with E-state index in [-0.39, 0.29) is 17.5 Å². The summed E-state index contributed by atoms with van der Waals surface area (Å²) in [5, 5.41) is 9.07. The number of aliphatic imine (C=N–C) groups is 1. The van der Waals surface area contributed by atoms with Crippen LogP contribution < -0.4 is 0 Å². The Balaban J connectivity index is 0.00000189. The number of carbonyl (C=O) groups excluding carboxylic acids is 1. The van der Waals surface area contributed by atoms with Gasteiger partial charge in [-0.05, 0) is 74.4 Å². The molecule has 1 saturated heterocycles. The van der Waals surface area contributed by atoms with Crippen molar-refractivity contribution in [3.8, 4) is 11.3 Å². The topological polar surface area (TPSA) is 86.1 Å². The van der Waals surface area contributed by atoms with Crippen LogP contribution in [-0.4, -0.2) is 57.1 Å². The number of amides is 1. The van der Waals surface area contributed by atoms with Gasteiger partial charge in [-0.2, -0.15) is 0 Å². The Morgan fingerprint density at radius 2 is 1.85 bits per heavy atom. The van der Waals surface area contributed by atoms with Crippen molar-refractivity contribution in [2.75, 3.05) is 13.6 Å². The smallest absolute Gasteiger partial charge is 0.337 e. The molecule has 1 aliphatic carbocycles. The van der Waals surface area contributed by atoms with Gasteiger partial charge in [0.1, 0.15) is 17.3 Å². The van der Waals surface area contributed by atoms with Crippen LogP contribution in [0.25, 0.3) is 16.8 Å². The lowest BCUT2D eigenvalue weighted by molar-refractivity contribution is -0.125. The van der Waals surface area contributed by atoms with Crippen LogP contribution in [0.1, 0.15) is 75.2 Å². The first-order chi connectivity index (χ1) is 19.7. The number of rotatable bonds is 6. The van der Waals surface area contributed by atoms with E-state index in [1.807, 2.05) is 36.8 Å². The molecular formula is C33H39FN4O3. The lowest BCUT2D eigenvalue weighted by atomic mass is 10.0. The van der Waals surface area contributed by atoms with E-state index in [4.69, 9.17) is 10.1 Å². The highest BCUT2D eigenvalue weighted by molar-refractivity contribution is 6.43. The van der Waals surface area contributed by atoms with E-state index in [1.165, 1.54) is 18.3 Å². The Morgan fingerprint density at radius 3 is 2.49 bits per heavy atom. The SMILES string of the molecule is C=C(/C=C1/N=C(C(=O)N2CCCCCC2C)C=C(C2CC2)N1C)c1ccc(-c2ccc(C(=O)O)cn2)cc1F.CC. The van der Waals surface area contributed by atoms with Gasteiger partial charge in [-0.25, -0.2) is 14.2 Å². The molecule has 8 heteroatoms. The van der Waals surface area contributed by atoms with Crippen molar-refractivity contribution in [1.29, 1.82) is 0 Å². The molecule has 3 heterocycles. The molecule has 216 valence electrons. The zero-order chi connectivity index (χ0) is 29.7. The number of likely N-dealkylation sites (tertiary alicyclic amines) is 1. The summed E-state index contributed by atoms with van der Waals surface area (Å²) in [6.07, 6.45) is 11.3. The Morgan fingerprint density at radius 1 is 1.10 bits per heavy atom. The van der Waals surface area contributed by atoms with Crippen molar-refractivity contribution in [1.82, 2.24) is 14.8 Å². The summed E-state index contributed by atoms with van der Waals surface area (Å²) in [5.41, 5.74) is 3.29. The molecule has 1 amide bonds. The second-order valence-corrected chi connectivity index (χ2v) is 10.6. The maximum absolute atomic E-state index is 15.3. The Hall–Kier alpha value is -4.07. The third-order valence-corrected chi connectivity index (χ3v) is 7.70. The van der Waals surface area contributed by atoms with Gasteiger partial charge in [-0.15, -0.1) is 0 Å². The predicted octanol–water partition coefficient (Wildman–Crippen LogP) is 6.94. The normalized spacial score (nSPS) is 19.9. The van der Waals surface area contributed by atoms with Crippen LogP contribution in [0.4, 0.5) is 4.39 Å². The van der Waals surface area contributed by atoms with Crippen molar-refractivity contribution >= 4 is 23.2 Å². The fourth-order valence-electron chi connectivity index (χ4n) is 5.19. The highest BCUT2D eigenvalue weighted by Gasteiger charge is 2.34. The number of halogens is 1. The van der Waals surface area contributed by atoms with E-state index >= 15 is 4.39 Å². The van der Waals surface area contributed by atoms with E-state index in [0.717, 1.165) is 50.8 Å². The maximum atomic E-state index is 15.3. The summed E-state index contributed by atoms with van der Waals surface area (Å²) in [5.74, 6) is -0.648. The van der Waals surface area contributed by atoms with E-state index in [2.05, 4.69) is 18.5 Å². The van der Waals surface area contributed by atoms with E-state index in [9.17, 15) is 9.59 Å². The number of pyridine rings is 1. The van der Waals surface area contributed by atoms with Gasteiger partial charge in [0.05, 0.1) is 11.3 Å². The van der Waals surface area contributed by atoms with Crippen molar-refractivity contribution in [2.45, 2.75) is 65.3 Å². The first kappa shape index (κ1) is 29.9. The molecule has 2 aromatic rings. The molecule has 2 fully saturated rings. The van der Waals surface area contributed by atoms with Crippen LogP contribution in [0.5, 0.6) is 0 Å². The number of carboxylic acids is 1. The highest BCUT2D eigenvalue weighted by Crippen LogP contribution is 2.41. The van der Waals surface area contributed by atoms with E-state index in [0.29, 0.717) is 39.8 Å². The summed E-state index contributed by atoms with van der Waals surface area (Å²) >= 11 is 0. The van der Waals surface area contributed by atoms with Crippen molar-refractivity contribution in [3.63, 3.8) is 0 Å². The molecule has 2 aliphatic heterocycles. The van der Waals surface area contributed by atoms with Gasteiger partial charge in [-0.3, -0.25) is 9.78 Å². The molecular weight excluding hydrogens is 519 g/mol. The van der Waals surface area contributed by atoms with Crippen LogP contribution in [-0.2, 0) is 4.79 Å². The van der Waals surface area contributed by atoms with Crippen molar-refractivity contribution < 1.29 is 19.1 Å². The number of allylic oxidation sites excluding steroid dienone is 3. The molecule has 0 radical (unpaired) electrons. The molecule has 0 bridgehead atoms. The highest BCUT2D eigenvalue weighted by atomic mass is 19.1. The zero-order valence-electron chi connectivity index (χ0n) is 24.4. The molecule has 0 spiro atoms. The Labute approximate surface area is 241 Å². The summed E-state index contributed by atoms with van der Waals surface area (Å²) in [4.78, 5) is 37.5. The fraction of sp³-hybridized carbons (Fsp3) is 0.394. The number of benzene rings is 1. The fourth-order valence-corrected chi connectivity index (χ4v) is 5.19. The Bertz CT molecular complexity index is 1410. The molecule has 1 aromatic carbocycles. The number of carbonyl (C=O) groups is 2. The number of aromatic nitrogens is 1. The molecule has 1 aromatic heterocycles. The molecule has 41 heavy (non-hydrogen) atoms. The average molecular weight is 559 g/mol. The molecule has 5 rings (SSSR count). The second kappa shape index (κ2) is 13.1. The zero-order valence-corrected chi connectivity index (χ0v) is 24.4. The molecule has 1 N–H and O–H groups in total. The standard InChI is InChI=1S/C31H33FN4O3.C2H6/c1-19(24-12-10-22(16-25(24)32)26-13-11-23(18-33-26)31(38)39)15-29-34-27(17-28(35(29)3)21-8-9-21)30(37)36-14-6-4-5-7-20(36)2;1-2/h10-13,15-18,20-21H,1,4-9,14H2,2-3H3,(H,38,39);1-2H3/b29-15-;. The summed E-state index contributed by atoms with van der Waals surface area (Å²) in [6, 6.07) is 7.88. The quantitative estimate of drug-likeness (QED) is 0.415. The van der Waals surface area contributed by atoms with Gasteiger partial charge in [0, 0.05) is 42.7 Å². The van der Waals surface area contributed by atoms with E-state index < -0.39 is 11.8 Å². The minimum atomic E-state index is -1.07. The summed E-state index contributed by atoms with van der Waals surface area (Å²) in [6.45, 7) is 10.9. The van der Waals surface area contributed by atoms with Gasteiger partial charge in [0.15, 0.2) is 0 Å². The summed E-state index contributed by atoms with van der Waals surface area (Å²) in [7, 11) is 1.93. The van der Waals surface area contributed by atoms with Gasteiger partial charge < -0.3 is 14.9 Å². The van der Waals surface area contributed by atoms with Crippen LogP contribution in [0.3, 0.4) is 0 Å². The average Bonchev–Trinajstić information content (AvgIpc) is 3.83. The largest absolute Gasteiger partial charge is 0.478 e. The molecule has 7 nitrogen and oxygen atoms in total. The number of carboxylic acid groups (broad SMARTS) is 1. The van der Waals surface area contributed by atoms with Gasteiger partial charge in [0.25, 0.3) is 5.91 Å². The lowest BCUT2D eigenvalue weighted by Gasteiger charge is -2.31. The number of hydrogen-bond acceptors (Lipinski definition) is 5. The number of nitrogens with zero attached hydrogens (tertiary/aromatic N) is 4. The third kappa shape index (κ3) is 6.81. The van der Waals surface area contributed by atoms with E-state index in [1.54, 1.807) is 24.3 Å². The number of hydrogen-bond donors (Lipinski definition) is 1. The number of aromatic carboxylic acids is 1. The minimum Gasteiger partial charge on any atom is -0.478 e. The lowest BCUT2D eigenvalue weighted by Crippen LogP contribution is -2.43. The van der Waals surface area contributed by atoms with Crippen LogP contribution >= 0.6 is 0 Å². The monoisotopic (exact) mass is 558 g/mol. The third-order valence-electron chi connectivity index (χ3n) is 7.70. The van der Waals surface area contributed by atoms with Crippen molar-refractivity contribution in [2.24, 2.45) is 10.9 Å². The van der Waals surface area contributed by atoms with Crippen molar-refractivity contribution in [3.05, 3.63) is 83.7 Å². The van der Waals surface area contributed by atoms with Crippen LogP contribution in [0.15, 0.2) is 71.8 Å². The molecule has 1 atom stereocenters. The van der Waals surface area contributed by atoms with Crippen LogP contribution in [0, 0.1) is 11.7 Å². The minimum absolute atomic E-state index is 0.0517. The maximum Gasteiger partial charge on any atom is 0.337 e. The molecule has 1 unspecified atom stereocenters. The molecule has 3 aliphatic rings. The predicted molar refractivity (Wildman–Crippen MR) is 161 cm³/mol. The van der Waals surface area contributed by atoms with Crippen LogP contribution in [0.2, 0.25) is 0 Å².